The van der Waals surface area contributed by atoms with Crippen LogP contribution in [0.25, 0.3) is 0 Å². The highest BCUT2D eigenvalue weighted by molar-refractivity contribution is 7.99. The quantitative estimate of drug-likeness (QED) is 0.909. The Morgan fingerprint density at radius 2 is 2.00 bits per heavy atom. The lowest BCUT2D eigenvalue weighted by molar-refractivity contribution is 0.877. The minimum atomic E-state index is 0.213. The first kappa shape index (κ1) is 14.1. The standard InChI is InChI=1S/C13H15ClN4S/c1-3-8-15-12-16-11(14)17-13(18-12)19-10-7-5-4-6-9(10)2/h4-7H,3,8H2,1-2H3,(H,15,16,17,18). The van der Waals surface area contributed by atoms with E-state index in [1.807, 2.05) is 18.2 Å². The fourth-order valence-corrected chi connectivity index (χ4v) is 2.51. The Kier molecular flexibility index (Phi) is 4.99. The number of anilines is 1. The lowest BCUT2D eigenvalue weighted by atomic mass is 10.2. The van der Waals surface area contributed by atoms with E-state index in [9.17, 15) is 0 Å². The number of halogens is 1. The van der Waals surface area contributed by atoms with Gasteiger partial charge < -0.3 is 5.32 Å². The molecule has 0 spiro atoms. The van der Waals surface area contributed by atoms with Crippen molar-refractivity contribution in [2.24, 2.45) is 0 Å². The number of hydrogen-bond donors (Lipinski definition) is 1. The fourth-order valence-electron chi connectivity index (χ4n) is 1.46. The van der Waals surface area contributed by atoms with Gasteiger partial charge in [-0.05, 0) is 48.3 Å². The smallest absolute Gasteiger partial charge is 0.228 e. The van der Waals surface area contributed by atoms with Crippen LogP contribution in [0.4, 0.5) is 5.95 Å². The average Bonchev–Trinajstić information content (AvgIpc) is 2.38. The Bertz CT molecular complexity index is 562. The van der Waals surface area contributed by atoms with Gasteiger partial charge in [0.15, 0.2) is 5.16 Å². The van der Waals surface area contributed by atoms with Gasteiger partial charge in [-0.15, -0.1) is 0 Å². The van der Waals surface area contributed by atoms with Crippen molar-refractivity contribution in [2.75, 3.05) is 11.9 Å². The van der Waals surface area contributed by atoms with Crippen molar-refractivity contribution in [1.29, 1.82) is 0 Å². The molecule has 0 aliphatic heterocycles. The van der Waals surface area contributed by atoms with E-state index in [0.29, 0.717) is 11.1 Å². The van der Waals surface area contributed by atoms with Crippen LogP contribution in [0.1, 0.15) is 18.9 Å². The minimum Gasteiger partial charge on any atom is -0.354 e. The van der Waals surface area contributed by atoms with E-state index in [2.05, 4.69) is 40.2 Å². The molecule has 0 bridgehead atoms. The van der Waals surface area contributed by atoms with Crippen LogP contribution in [-0.2, 0) is 0 Å². The Labute approximate surface area is 122 Å². The molecule has 0 aliphatic carbocycles. The topological polar surface area (TPSA) is 50.7 Å². The Balaban J connectivity index is 2.20. The normalized spacial score (nSPS) is 10.5. The molecule has 2 rings (SSSR count). The van der Waals surface area contributed by atoms with E-state index in [1.165, 1.54) is 17.3 Å². The molecule has 0 fully saturated rings. The number of nitrogens with zero attached hydrogens (tertiary/aromatic N) is 3. The Morgan fingerprint density at radius 3 is 2.74 bits per heavy atom. The first-order valence-electron chi connectivity index (χ1n) is 6.08. The van der Waals surface area contributed by atoms with Crippen molar-refractivity contribution in [2.45, 2.75) is 30.3 Å². The molecular weight excluding hydrogens is 280 g/mol. The van der Waals surface area contributed by atoms with Crippen molar-refractivity contribution in [1.82, 2.24) is 15.0 Å². The third kappa shape index (κ3) is 4.08. The van der Waals surface area contributed by atoms with Crippen LogP contribution in [0, 0.1) is 6.92 Å². The first-order valence-corrected chi connectivity index (χ1v) is 7.27. The maximum Gasteiger partial charge on any atom is 0.228 e. The summed E-state index contributed by atoms with van der Waals surface area (Å²) < 4.78 is 0. The zero-order valence-electron chi connectivity index (χ0n) is 10.9. The van der Waals surface area contributed by atoms with Gasteiger partial charge in [0.2, 0.25) is 11.2 Å². The molecule has 1 heterocycles. The summed E-state index contributed by atoms with van der Waals surface area (Å²) in [5.74, 6) is 0.526. The van der Waals surface area contributed by atoms with Gasteiger partial charge in [0.1, 0.15) is 0 Å². The summed E-state index contributed by atoms with van der Waals surface area (Å²) >= 11 is 7.41. The van der Waals surface area contributed by atoms with Crippen molar-refractivity contribution in [3.05, 3.63) is 35.1 Å². The summed E-state index contributed by atoms with van der Waals surface area (Å²) in [6.45, 7) is 4.95. The van der Waals surface area contributed by atoms with Gasteiger partial charge in [-0.3, -0.25) is 0 Å². The van der Waals surface area contributed by atoms with Crippen LogP contribution in [0.2, 0.25) is 5.28 Å². The molecule has 4 nitrogen and oxygen atoms in total. The second-order valence-electron chi connectivity index (χ2n) is 4.00. The molecule has 100 valence electrons. The van der Waals surface area contributed by atoms with Crippen LogP contribution < -0.4 is 5.32 Å². The average molecular weight is 295 g/mol. The molecule has 0 saturated heterocycles. The van der Waals surface area contributed by atoms with E-state index < -0.39 is 0 Å². The van der Waals surface area contributed by atoms with Crippen molar-refractivity contribution in [3.8, 4) is 0 Å². The lowest BCUT2D eigenvalue weighted by Crippen LogP contribution is -2.06. The third-order valence-electron chi connectivity index (χ3n) is 2.42. The molecule has 19 heavy (non-hydrogen) atoms. The van der Waals surface area contributed by atoms with Crippen LogP contribution >= 0.6 is 23.4 Å². The van der Waals surface area contributed by atoms with Crippen LogP contribution in [0.3, 0.4) is 0 Å². The second-order valence-corrected chi connectivity index (χ2v) is 5.35. The molecule has 0 radical (unpaired) electrons. The van der Waals surface area contributed by atoms with Gasteiger partial charge in [0, 0.05) is 11.4 Å². The van der Waals surface area contributed by atoms with Gasteiger partial charge in [-0.1, -0.05) is 25.1 Å². The maximum absolute atomic E-state index is 5.92. The molecule has 1 aromatic heterocycles. The van der Waals surface area contributed by atoms with Gasteiger partial charge in [0.25, 0.3) is 0 Å². The van der Waals surface area contributed by atoms with E-state index in [0.717, 1.165) is 17.9 Å². The lowest BCUT2D eigenvalue weighted by Gasteiger charge is -2.06. The predicted octanol–water partition coefficient (Wildman–Crippen LogP) is 3.81. The summed E-state index contributed by atoms with van der Waals surface area (Å²) in [4.78, 5) is 13.7. The van der Waals surface area contributed by atoms with Crippen LogP contribution in [-0.4, -0.2) is 21.5 Å². The number of aromatic nitrogens is 3. The van der Waals surface area contributed by atoms with Gasteiger partial charge in [-0.25, -0.2) is 0 Å². The highest BCUT2D eigenvalue weighted by Gasteiger charge is 2.07. The van der Waals surface area contributed by atoms with Gasteiger partial charge >= 0.3 is 0 Å². The molecule has 6 heteroatoms. The molecule has 0 atom stereocenters. The molecule has 1 N–H and O–H groups in total. The van der Waals surface area contributed by atoms with Crippen LogP contribution in [0.5, 0.6) is 0 Å². The molecule has 0 amide bonds. The van der Waals surface area contributed by atoms with Crippen molar-refractivity contribution in [3.63, 3.8) is 0 Å². The molecule has 2 aromatic rings. The minimum absolute atomic E-state index is 0.213. The zero-order chi connectivity index (χ0) is 13.7. The summed E-state index contributed by atoms with van der Waals surface area (Å²) in [6.07, 6.45) is 1.00. The molecule has 0 saturated carbocycles. The third-order valence-corrected chi connectivity index (χ3v) is 3.63. The second kappa shape index (κ2) is 6.73. The number of aryl methyl sites for hydroxylation is 1. The van der Waals surface area contributed by atoms with E-state index in [1.54, 1.807) is 0 Å². The van der Waals surface area contributed by atoms with Crippen molar-refractivity contribution < 1.29 is 0 Å². The summed E-state index contributed by atoms with van der Waals surface area (Å²) in [6, 6.07) is 8.10. The highest BCUT2D eigenvalue weighted by Crippen LogP contribution is 2.28. The van der Waals surface area contributed by atoms with Gasteiger partial charge in [0.05, 0.1) is 0 Å². The SMILES string of the molecule is CCCNc1nc(Cl)nc(Sc2ccccc2C)n1. The first-order chi connectivity index (χ1) is 9.19. The fraction of sp³-hybridized carbons (Fsp3) is 0.308. The monoisotopic (exact) mass is 294 g/mol. The van der Waals surface area contributed by atoms with E-state index in [-0.39, 0.29) is 5.28 Å². The van der Waals surface area contributed by atoms with Crippen molar-refractivity contribution >= 4 is 29.3 Å². The molecule has 0 unspecified atom stereocenters. The van der Waals surface area contributed by atoms with E-state index >= 15 is 0 Å². The maximum atomic E-state index is 5.92. The number of hydrogen-bond acceptors (Lipinski definition) is 5. The van der Waals surface area contributed by atoms with E-state index in [4.69, 9.17) is 11.6 Å². The Hall–Kier alpha value is -1.33. The summed E-state index contributed by atoms with van der Waals surface area (Å²) in [5, 5.41) is 3.93. The zero-order valence-corrected chi connectivity index (χ0v) is 12.4. The summed E-state index contributed by atoms with van der Waals surface area (Å²) in [7, 11) is 0. The number of rotatable bonds is 5. The highest BCUT2D eigenvalue weighted by atomic mass is 35.5. The molecule has 1 aromatic carbocycles. The number of benzene rings is 1. The molecular formula is C13H15ClN4S. The number of nitrogens with one attached hydrogen (secondary N) is 1. The predicted molar refractivity (Wildman–Crippen MR) is 78.9 cm³/mol. The largest absolute Gasteiger partial charge is 0.354 e. The van der Waals surface area contributed by atoms with Gasteiger partial charge in [-0.2, -0.15) is 15.0 Å². The van der Waals surface area contributed by atoms with Crippen LogP contribution in [0.15, 0.2) is 34.3 Å². The molecule has 0 aliphatic rings. The summed E-state index contributed by atoms with van der Waals surface area (Å²) in [5.41, 5.74) is 1.19. The Morgan fingerprint density at radius 1 is 1.21 bits per heavy atom.